The zero-order valence-electron chi connectivity index (χ0n) is 10.2. The second kappa shape index (κ2) is 4.75. The summed E-state index contributed by atoms with van der Waals surface area (Å²) in [4.78, 5) is 13.5. The molecule has 2 heterocycles. The van der Waals surface area contributed by atoms with Gasteiger partial charge in [0, 0.05) is 25.7 Å². The summed E-state index contributed by atoms with van der Waals surface area (Å²) in [5.41, 5.74) is 1.62. The highest BCUT2D eigenvalue weighted by atomic mass is 16.3. The monoisotopic (exact) mass is 238 g/mol. The molecule has 2 rings (SSSR count). The van der Waals surface area contributed by atoms with E-state index in [0.717, 1.165) is 30.0 Å². The first kappa shape index (κ1) is 11.9. The average molecular weight is 238 g/mol. The number of aliphatic hydroxyl groups is 1. The summed E-state index contributed by atoms with van der Waals surface area (Å²) in [6, 6.07) is 0. The maximum atomic E-state index is 11.5. The van der Waals surface area contributed by atoms with Crippen molar-refractivity contribution in [2.24, 2.45) is 7.05 Å². The summed E-state index contributed by atoms with van der Waals surface area (Å²) in [6.45, 7) is 3.65. The van der Waals surface area contributed by atoms with E-state index in [9.17, 15) is 9.90 Å². The minimum Gasteiger partial charge on any atom is -0.391 e. The van der Waals surface area contributed by atoms with E-state index in [1.807, 2.05) is 18.9 Å². The predicted molar refractivity (Wildman–Crippen MR) is 63.7 cm³/mol. The molecule has 6 nitrogen and oxygen atoms in total. The molecular weight excluding hydrogens is 220 g/mol. The number of rotatable bonds is 2. The largest absolute Gasteiger partial charge is 0.391 e. The van der Waals surface area contributed by atoms with Gasteiger partial charge in [0.15, 0.2) is 0 Å². The lowest BCUT2D eigenvalue weighted by molar-refractivity contribution is -0.119. The Hall–Kier alpha value is -1.56. The van der Waals surface area contributed by atoms with Crippen LogP contribution in [0.2, 0.25) is 0 Å². The van der Waals surface area contributed by atoms with Crippen molar-refractivity contribution in [2.75, 3.05) is 24.5 Å². The Labute approximate surface area is 100 Å². The van der Waals surface area contributed by atoms with Gasteiger partial charge in [-0.3, -0.25) is 9.48 Å². The van der Waals surface area contributed by atoms with Crippen LogP contribution in [0.5, 0.6) is 0 Å². The zero-order valence-corrected chi connectivity index (χ0v) is 10.2. The standard InChI is InChI=1S/C11H18N4O2/c1-8-9(7-16)11(14(2)13-8)15-5-3-4-12-10(17)6-15/h16H,3-7H2,1-2H3,(H,12,17). The molecule has 0 aromatic carbocycles. The molecule has 1 aromatic rings. The highest BCUT2D eigenvalue weighted by molar-refractivity contribution is 5.81. The van der Waals surface area contributed by atoms with Crippen LogP contribution in [0.15, 0.2) is 0 Å². The van der Waals surface area contributed by atoms with Gasteiger partial charge in [-0.1, -0.05) is 0 Å². The Morgan fingerprint density at radius 2 is 2.29 bits per heavy atom. The number of hydrogen-bond acceptors (Lipinski definition) is 4. The molecule has 0 atom stereocenters. The lowest BCUT2D eigenvalue weighted by Gasteiger charge is -2.22. The topological polar surface area (TPSA) is 70.4 Å². The molecule has 0 bridgehead atoms. The third-order valence-electron chi connectivity index (χ3n) is 3.03. The van der Waals surface area contributed by atoms with E-state index >= 15 is 0 Å². The zero-order chi connectivity index (χ0) is 12.4. The van der Waals surface area contributed by atoms with Crippen LogP contribution in [-0.2, 0) is 18.4 Å². The fourth-order valence-electron chi connectivity index (χ4n) is 2.26. The summed E-state index contributed by atoms with van der Waals surface area (Å²) in [7, 11) is 1.84. The molecule has 1 aliphatic rings. The average Bonchev–Trinajstić information content (AvgIpc) is 2.46. The van der Waals surface area contributed by atoms with E-state index < -0.39 is 0 Å². The number of aryl methyl sites for hydroxylation is 2. The third-order valence-corrected chi connectivity index (χ3v) is 3.03. The number of carbonyl (C=O) groups is 1. The molecule has 0 unspecified atom stereocenters. The van der Waals surface area contributed by atoms with Crippen molar-refractivity contribution >= 4 is 11.7 Å². The SMILES string of the molecule is Cc1nn(C)c(N2CCCNC(=O)C2)c1CO. The second-order valence-corrected chi connectivity index (χ2v) is 4.29. The molecule has 6 heteroatoms. The van der Waals surface area contributed by atoms with E-state index in [1.165, 1.54) is 0 Å². The lowest BCUT2D eigenvalue weighted by Crippen LogP contribution is -2.34. The van der Waals surface area contributed by atoms with Gasteiger partial charge in [-0.25, -0.2) is 0 Å². The first-order valence-electron chi connectivity index (χ1n) is 5.78. The molecule has 0 radical (unpaired) electrons. The molecule has 1 aliphatic heterocycles. The van der Waals surface area contributed by atoms with E-state index in [2.05, 4.69) is 10.4 Å². The van der Waals surface area contributed by atoms with Gasteiger partial charge in [-0.05, 0) is 13.3 Å². The van der Waals surface area contributed by atoms with Crippen molar-refractivity contribution in [2.45, 2.75) is 20.0 Å². The number of nitrogens with zero attached hydrogens (tertiary/aromatic N) is 3. The smallest absolute Gasteiger partial charge is 0.239 e. The highest BCUT2D eigenvalue weighted by Crippen LogP contribution is 2.23. The number of carbonyl (C=O) groups excluding carboxylic acids is 1. The molecule has 0 spiro atoms. The van der Waals surface area contributed by atoms with Gasteiger partial charge in [0.05, 0.1) is 18.8 Å². The molecule has 1 fully saturated rings. The molecule has 17 heavy (non-hydrogen) atoms. The minimum absolute atomic E-state index is 0.0187. The van der Waals surface area contributed by atoms with Gasteiger partial charge in [0.25, 0.3) is 0 Å². The van der Waals surface area contributed by atoms with Crippen LogP contribution in [0.3, 0.4) is 0 Å². The van der Waals surface area contributed by atoms with Gasteiger partial charge < -0.3 is 15.3 Å². The van der Waals surface area contributed by atoms with Crippen molar-refractivity contribution < 1.29 is 9.90 Å². The van der Waals surface area contributed by atoms with Gasteiger partial charge in [0.1, 0.15) is 5.82 Å². The quantitative estimate of drug-likeness (QED) is 0.732. The van der Waals surface area contributed by atoms with Crippen LogP contribution >= 0.6 is 0 Å². The van der Waals surface area contributed by atoms with Crippen molar-refractivity contribution in [3.8, 4) is 0 Å². The molecular formula is C11H18N4O2. The molecule has 1 amide bonds. The van der Waals surface area contributed by atoms with Crippen molar-refractivity contribution in [1.82, 2.24) is 15.1 Å². The summed E-state index contributed by atoms with van der Waals surface area (Å²) >= 11 is 0. The molecule has 0 saturated carbocycles. The normalized spacial score (nSPS) is 16.9. The predicted octanol–water partition coefficient (Wildman–Crippen LogP) is -0.453. The van der Waals surface area contributed by atoms with Gasteiger partial charge in [0.2, 0.25) is 5.91 Å². The number of aromatic nitrogens is 2. The Balaban J connectivity index is 2.34. The van der Waals surface area contributed by atoms with E-state index in [1.54, 1.807) is 4.68 Å². The first-order chi connectivity index (χ1) is 8.13. The molecule has 2 N–H and O–H groups in total. The Bertz CT molecular complexity index is 427. The van der Waals surface area contributed by atoms with Crippen LogP contribution in [0.1, 0.15) is 17.7 Å². The lowest BCUT2D eigenvalue weighted by atomic mass is 10.2. The van der Waals surface area contributed by atoms with Crippen LogP contribution in [0.4, 0.5) is 5.82 Å². The van der Waals surface area contributed by atoms with Crippen LogP contribution in [-0.4, -0.2) is 40.4 Å². The maximum Gasteiger partial charge on any atom is 0.239 e. The Morgan fingerprint density at radius 1 is 1.53 bits per heavy atom. The molecule has 1 aromatic heterocycles. The summed E-state index contributed by atoms with van der Waals surface area (Å²) < 4.78 is 1.74. The molecule has 1 saturated heterocycles. The summed E-state index contributed by atoms with van der Waals surface area (Å²) in [5, 5.41) is 16.5. The van der Waals surface area contributed by atoms with Crippen LogP contribution in [0.25, 0.3) is 0 Å². The number of anilines is 1. The number of nitrogens with one attached hydrogen (secondary N) is 1. The van der Waals surface area contributed by atoms with Crippen LogP contribution in [0, 0.1) is 6.92 Å². The minimum atomic E-state index is -0.0485. The third kappa shape index (κ3) is 2.26. The fraction of sp³-hybridized carbons (Fsp3) is 0.636. The van der Waals surface area contributed by atoms with Crippen LogP contribution < -0.4 is 10.2 Å². The number of hydrogen-bond donors (Lipinski definition) is 2. The fourth-order valence-corrected chi connectivity index (χ4v) is 2.26. The summed E-state index contributed by atoms with van der Waals surface area (Å²) in [5.74, 6) is 0.868. The van der Waals surface area contributed by atoms with Crippen molar-refractivity contribution in [3.63, 3.8) is 0 Å². The van der Waals surface area contributed by atoms with Gasteiger partial charge >= 0.3 is 0 Å². The summed E-state index contributed by atoms with van der Waals surface area (Å²) in [6.07, 6.45) is 0.904. The maximum absolute atomic E-state index is 11.5. The van der Waals surface area contributed by atoms with Gasteiger partial charge in [-0.2, -0.15) is 5.10 Å². The van der Waals surface area contributed by atoms with E-state index in [0.29, 0.717) is 13.1 Å². The highest BCUT2D eigenvalue weighted by Gasteiger charge is 2.22. The van der Waals surface area contributed by atoms with E-state index in [-0.39, 0.29) is 12.5 Å². The second-order valence-electron chi connectivity index (χ2n) is 4.29. The molecule has 0 aliphatic carbocycles. The van der Waals surface area contributed by atoms with E-state index in [4.69, 9.17) is 0 Å². The van der Waals surface area contributed by atoms with Crippen molar-refractivity contribution in [1.29, 1.82) is 0 Å². The Kier molecular flexibility index (Phi) is 3.33. The van der Waals surface area contributed by atoms with Gasteiger partial charge in [-0.15, -0.1) is 0 Å². The number of aliphatic hydroxyl groups excluding tert-OH is 1. The Morgan fingerprint density at radius 3 is 3.00 bits per heavy atom. The first-order valence-corrected chi connectivity index (χ1v) is 5.78. The van der Waals surface area contributed by atoms with Crippen molar-refractivity contribution in [3.05, 3.63) is 11.3 Å². The number of amides is 1. The molecule has 94 valence electrons.